The Morgan fingerprint density at radius 2 is 1.94 bits per heavy atom. The lowest BCUT2D eigenvalue weighted by Crippen LogP contribution is -2.44. The summed E-state index contributed by atoms with van der Waals surface area (Å²) in [4.78, 5) is 16.3. The minimum absolute atomic E-state index is 0.0473. The molecule has 4 aromatic rings. The predicted molar refractivity (Wildman–Crippen MR) is 122 cm³/mol. The molecule has 7 heteroatoms. The van der Waals surface area contributed by atoms with Crippen LogP contribution in [-0.2, 0) is 6.42 Å². The van der Waals surface area contributed by atoms with Crippen molar-refractivity contribution in [3.05, 3.63) is 78.0 Å². The lowest BCUT2D eigenvalue weighted by Gasteiger charge is -2.42. The Bertz CT molecular complexity index is 1360. The van der Waals surface area contributed by atoms with Crippen LogP contribution in [-0.4, -0.2) is 32.4 Å². The molecule has 2 N–H and O–H groups in total. The fraction of sp³-hybridized carbons (Fsp3) is 0.280. The van der Waals surface area contributed by atoms with E-state index in [-0.39, 0.29) is 11.5 Å². The van der Waals surface area contributed by atoms with Gasteiger partial charge in [-0.1, -0.05) is 18.2 Å². The number of nitrogens with zero attached hydrogens (tertiary/aromatic N) is 6. The highest BCUT2D eigenvalue weighted by molar-refractivity contribution is 5.73. The minimum atomic E-state index is 0.0473. The SMILES string of the molecule is N#Cc1cccc(-c2ncc3c(N4CCC5(CC4)Cc4ncccc4C5N)nccn23)c1. The van der Waals surface area contributed by atoms with Crippen LogP contribution in [0.15, 0.2) is 61.2 Å². The average Bonchev–Trinajstić information content (AvgIpc) is 3.39. The zero-order valence-corrected chi connectivity index (χ0v) is 17.6. The number of fused-ring (bicyclic) bond motifs is 2. The minimum Gasteiger partial charge on any atom is -0.355 e. The second-order valence-electron chi connectivity index (χ2n) is 8.82. The molecule has 1 fully saturated rings. The third kappa shape index (κ3) is 2.80. The first-order valence-electron chi connectivity index (χ1n) is 11.0. The van der Waals surface area contributed by atoms with Gasteiger partial charge in [-0.3, -0.25) is 9.38 Å². The monoisotopic (exact) mass is 421 g/mol. The summed E-state index contributed by atoms with van der Waals surface area (Å²) in [5, 5.41) is 9.24. The molecule has 32 heavy (non-hydrogen) atoms. The number of anilines is 1. The van der Waals surface area contributed by atoms with Gasteiger partial charge in [-0.15, -0.1) is 0 Å². The van der Waals surface area contributed by atoms with E-state index < -0.39 is 0 Å². The molecule has 158 valence electrons. The molecule has 0 radical (unpaired) electrons. The van der Waals surface area contributed by atoms with Gasteiger partial charge in [0.15, 0.2) is 5.82 Å². The Balaban J connectivity index is 1.29. The summed E-state index contributed by atoms with van der Waals surface area (Å²) in [6, 6.07) is 13.9. The summed E-state index contributed by atoms with van der Waals surface area (Å²) in [6.07, 6.45) is 10.5. The Morgan fingerprint density at radius 3 is 2.75 bits per heavy atom. The van der Waals surface area contributed by atoms with Crippen LogP contribution in [0.3, 0.4) is 0 Å². The lowest BCUT2D eigenvalue weighted by atomic mass is 9.73. The van der Waals surface area contributed by atoms with E-state index in [1.807, 2.05) is 49.1 Å². The van der Waals surface area contributed by atoms with E-state index in [4.69, 9.17) is 10.7 Å². The number of hydrogen-bond donors (Lipinski definition) is 1. The van der Waals surface area contributed by atoms with Gasteiger partial charge in [-0.25, -0.2) is 9.97 Å². The second kappa shape index (κ2) is 7.14. The van der Waals surface area contributed by atoms with Crippen molar-refractivity contribution in [3.8, 4) is 17.5 Å². The van der Waals surface area contributed by atoms with Crippen molar-refractivity contribution in [2.45, 2.75) is 25.3 Å². The lowest BCUT2D eigenvalue weighted by molar-refractivity contribution is 0.187. The van der Waals surface area contributed by atoms with Crippen LogP contribution in [0.4, 0.5) is 5.82 Å². The number of nitriles is 1. The molecule has 1 unspecified atom stereocenters. The number of imidazole rings is 1. The van der Waals surface area contributed by atoms with Gasteiger partial charge < -0.3 is 10.6 Å². The molecule has 2 aliphatic rings. The van der Waals surface area contributed by atoms with E-state index in [1.165, 1.54) is 5.56 Å². The third-order valence-corrected chi connectivity index (χ3v) is 7.19. The van der Waals surface area contributed by atoms with E-state index >= 15 is 0 Å². The number of hydrogen-bond acceptors (Lipinski definition) is 6. The molecule has 3 aromatic heterocycles. The highest BCUT2D eigenvalue weighted by atomic mass is 15.2. The van der Waals surface area contributed by atoms with Gasteiger partial charge in [-0.05, 0) is 48.4 Å². The van der Waals surface area contributed by atoms with E-state index in [1.54, 1.807) is 6.07 Å². The molecule has 1 spiro atoms. The van der Waals surface area contributed by atoms with Crippen LogP contribution in [0.2, 0.25) is 0 Å². The Hall–Kier alpha value is -3.76. The van der Waals surface area contributed by atoms with Gasteiger partial charge in [0, 0.05) is 49.0 Å². The topological polar surface area (TPSA) is 96.1 Å². The van der Waals surface area contributed by atoms with Crippen molar-refractivity contribution in [2.75, 3.05) is 18.0 Å². The largest absolute Gasteiger partial charge is 0.355 e. The van der Waals surface area contributed by atoms with E-state index in [9.17, 15) is 5.26 Å². The number of aromatic nitrogens is 4. The number of rotatable bonds is 2. The molecule has 1 saturated heterocycles. The van der Waals surface area contributed by atoms with E-state index in [2.05, 4.69) is 31.4 Å². The molecule has 0 saturated carbocycles. The van der Waals surface area contributed by atoms with Crippen LogP contribution in [0.5, 0.6) is 0 Å². The van der Waals surface area contributed by atoms with Crippen molar-refractivity contribution in [2.24, 2.45) is 11.1 Å². The van der Waals surface area contributed by atoms with Crippen LogP contribution in [0.1, 0.15) is 35.7 Å². The number of piperidine rings is 1. The van der Waals surface area contributed by atoms with Gasteiger partial charge in [0.25, 0.3) is 0 Å². The quantitative estimate of drug-likeness (QED) is 0.532. The molecule has 1 aromatic carbocycles. The first kappa shape index (κ1) is 19.0. The van der Waals surface area contributed by atoms with Crippen molar-refractivity contribution >= 4 is 11.3 Å². The molecule has 1 atom stereocenters. The van der Waals surface area contributed by atoms with Crippen molar-refractivity contribution < 1.29 is 0 Å². The normalized spacial score (nSPS) is 19.2. The average molecular weight is 422 g/mol. The van der Waals surface area contributed by atoms with Gasteiger partial charge in [0.1, 0.15) is 11.3 Å². The first-order chi connectivity index (χ1) is 15.7. The fourth-order valence-electron chi connectivity index (χ4n) is 5.41. The molecule has 6 rings (SSSR count). The Kier molecular flexibility index (Phi) is 4.23. The van der Waals surface area contributed by atoms with Gasteiger partial charge >= 0.3 is 0 Å². The highest BCUT2D eigenvalue weighted by Gasteiger charge is 2.46. The number of pyridine rings is 1. The van der Waals surface area contributed by atoms with Crippen molar-refractivity contribution in [3.63, 3.8) is 0 Å². The van der Waals surface area contributed by atoms with E-state index in [0.29, 0.717) is 5.56 Å². The smallest absolute Gasteiger partial charge is 0.154 e. The Morgan fingerprint density at radius 1 is 1.06 bits per heavy atom. The van der Waals surface area contributed by atoms with Gasteiger partial charge in [0.05, 0.1) is 17.8 Å². The number of benzene rings is 1. The predicted octanol–water partition coefficient (Wildman–Crippen LogP) is 3.51. The fourth-order valence-corrected chi connectivity index (χ4v) is 5.41. The van der Waals surface area contributed by atoms with Crippen molar-refractivity contribution in [1.29, 1.82) is 5.26 Å². The van der Waals surface area contributed by atoms with E-state index in [0.717, 1.165) is 60.8 Å². The van der Waals surface area contributed by atoms with Crippen LogP contribution < -0.4 is 10.6 Å². The third-order valence-electron chi connectivity index (χ3n) is 7.19. The summed E-state index contributed by atoms with van der Waals surface area (Å²) in [5.41, 5.74) is 11.7. The van der Waals surface area contributed by atoms with Crippen molar-refractivity contribution in [1.82, 2.24) is 19.4 Å². The molecule has 0 bridgehead atoms. The first-order valence-corrected chi connectivity index (χ1v) is 11.0. The molecule has 1 aliphatic carbocycles. The zero-order chi connectivity index (χ0) is 21.7. The standard InChI is InChI=1S/C25H23N7/c26-15-17-3-1-4-18(13-17)23-30-16-21-24(29-9-12-32(21)23)31-10-6-25(7-11-31)14-20-19(22(25)27)5-2-8-28-20/h1-5,8-9,12-13,16,22H,6-7,10-11,14,27H2. The summed E-state index contributed by atoms with van der Waals surface area (Å²) in [6.45, 7) is 1.80. The van der Waals surface area contributed by atoms with Crippen LogP contribution >= 0.6 is 0 Å². The van der Waals surface area contributed by atoms with Crippen LogP contribution in [0, 0.1) is 16.7 Å². The molecule has 4 heterocycles. The summed E-state index contributed by atoms with van der Waals surface area (Å²) < 4.78 is 2.06. The maximum absolute atomic E-state index is 9.24. The summed E-state index contributed by atoms with van der Waals surface area (Å²) in [5.74, 6) is 1.76. The van der Waals surface area contributed by atoms with Crippen LogP contribution in [0.25, 0.3) is 16.9 Å². The maximum atomic E-state index is 9.24. The molecule has 1 aliphatic heterocycles. The maximum Gasteiger partial charge on any atom is 0.154 e. The van der Waals surface area contributed by atoms with Gasteiger partial charge in [0.2, 0.25) is 0 Å². The zero-order valence-electron chi connectivity index (χ0n) is 17.6. The highest BCUT2D eigenvalue weighted by Crippen LogP contribution is 2.50. The van der Waals surface area contributed by atoms with Gasteiger partial charge in [-0.2, -0.15) is 5.26 Å². The second-order valence-corrected chi connectivity index (χ2v) is 8.82. The molecule has 0 amide bonds. The molecule has 7 nitrogen and oxygen atoms in total. The molecular formula is C25H23N7. The summed E-state index contributed by atoms with van der Waals surface area (Å²) >= 11 is 0. The Labute approximate surface area is 186 Å². The molecular weight excluding hydrogens is 398 g/mol. The summed E-state index contributed by atoms with van der Waals surface area (Å²) in [7, 11) is 0. The number of nitrogens with two attached hydrogens (primary N) is 1.